The average molecular weight is 479 g/mol. The van der Waals surface area contributed by atoms with Crippen molar-refractivity contribution in [1.29, 1.82) is 0 Å². The topological polar surface area (TPSA) is 103 Å². The number of nitrogens with zero attached hydrogens (tertiary/aromatic N) is 3. The van der Waals surface area contributed by atoms with Gasteiger partial charge in [0.1, 0.15) is 11.4 Å². The van der Waals surface area contributed by atoms with Gasteiger partial charge in [-0.05, 0) is 44.5 Å². The van der Waals surface area contributed by atoms with Gasteiger partial charge >= 0.3 is 5.97 Å². The van der Waals surface area contributed by atoms with Gasteiger partial charge in [-0.25, -0.2) is 27.2 Å². The monoisotopic (exact) mass is 478 g/mol. The summed E-state index contributed by atoms with van der Waals surface area (Å²) in [4.78, 5) is 21.4. The van der Waals surface area contributed by atoms with Crippen LogP contribution in [0.4, 0.5) is 5.82 Å². The van der Waals surface area contributed by atoms with E-state index in [-0.39, 0.29) is 4.90 Å². The van der Waals surface area contributed by atoms with Crippen LogP contribution in [0.3, 0.4) is 0 Å². The van der Waals surface area contributed by atoms with Crippen LogP contribution in [-0.2, 0) is 19.6 Å². The molecule has 0 saturated heterocycles. The van der Waals surface area contributed by atoms with Crippen molar-refractivity contribution in [3.63, 3.8) is 0 Å². The molecule has 2 heterocycles. The fraction of sp³-hybridized carbons (Fsp3) is 0.240. The fourth-order valence-corrected chi connectivity index (χ4v) is 5.07. The van der Waals surface area contributed by atoms with Gasteiger partial charge in [0.25, 0.3) is 10.0 Å². The van der Waals surface area contributed by atoms with E-state index < -0.39 is 21.5 Å². The van der Waals surface area contributed by atoms with Crippen molar-refractivity contribution in [1.82, 2.24) is 13.9 Å². The molecular formula is C25H26N4O4S. The third kappa shape index (κ3) is 4.14. The highest BCUT2D eigenvalue weighted by molar-refractivity contribution is 7.90. The summed E-state index contributed by atoms with van der Waals surface area (Å²) in [6.07, 6.45) is 3.59. The SMILES string of the molecule is CCC(C)(Nc1ccnc(-c2cn(S(=O)(=O)c3ccc(C)cc3)c3ccccc23)n1)C(=O)OC. The van der Waals surface area contributed by atoms with Crippen molar-refractivity contribution in [3.05, 3.63) is 72.6 Å². The van der Waals surface area contributed by atoms with Gasteiger partial charge in [-0.3, -0.25) is 0 Å². The lowest BCUT2D eigenvalue weighted by atomic mass is 9.99. The molecule has 176 valence electrons. The molecule has 0 fully saturated rings. The number of methoxy groups -OCH3 is 1. The minimum Gasteiger partial charge on any atom is -0.467 e. The molecular weight excluding hydrogens is 452 g/mol. The average Bonchev–Trinajstić information content (AvgIpc) is 3.24. The van der Waals surface area contributed by atoms with Gasteiger partial charge in [-0.1, -0.05) is 42.8 Å². The Kier molecular flexibility index (Phi) is 6.14. The van der Waals surface area contributed by atoms with E-state index >= 15 is 0 Å². The maximum atomic E-state index is 13.5. The van der Waals surface area contributed by atoms with Crippen molar-refractivity contribution in [2.24, 2.45) is 0 Å². The number of rotatable bonds is 7. The number of carbonyl (C=O) groups excluding carboxylic acids is 1. The molecule has 0 saturated carbocycles. The largest absolute Gasteiger partial charge is 0.467 e. The van der Waals surface area contributed by atoms with Gasteiger partial charge in [-0.15, -0.1) is 0 Å². The lowest BCUT2D eigenvalue weighted by Crippen LogP contribution is -2.43. The van der Waals surface area contributed by atoms with Crippen LogP contribution in [0.15, 0.2) is 71.9 Å². The third-order valence-corrected chi connectivity index (χ3v) is 7.59. The number of para-hydroxylation sites is 1. The molecule has 1 unspecified atom stereocenters. The maximum absolute atomic E-state index is 13.5. The first-order valence-electron chi connectivity index (χ1n) is 10.8. The van der Waals surface area contributed by atoms with Gasteiger partial charge < -0.3 is 10.1 Å². The highest BCUT2D eigenvalue weighted by Crippen LogP contribution is 2.32. The number of hydrogen-bond donors (Lipinski definition) is 1. The zero-order valence-electron chi connectivity index (χ0n) is 19.4. The molecule has 0 aliphatic heterocycles. The number of aryl methyl sites for hydroxylation is 1. The summed E-state index contributed by atoms with van der Waals surface area (Å²) in [5, 5.41) is 3.83. The van der Waals surface area contributed by atoms with Crippen LogP contribution >= 0.6 is 0 Å². The van der Waals surface area contributed by atoms with E-state index in [0.717, 1.165) is 5.56 Å². The smallest absolute Gasteiger partial charge is 0.331 e. The van der Waals surface area contributed by atoms with Crippen LogP contribution in [0.1, 0.15) is 25.8 Å². The van der Waals surface area contributed by atoms with Crippen LogP contribution in [0.5, 0.6) is 0 Å². The summed E-state index contributed by atoms with van der Waals surface area (Å²) < 4.78 is 33.1. The molecule has 4 aromatic rings. The van der Waals surface area contributed by atoms with Crippen molar-refractivity contribution in [2.75, 3.05) is 12.4 Å². The van der Waals surface area contributed by atoms with Gasteiger partial charge in [0.15, 0.2) is 5.82 Å². The number of benzene rings is 2. The first-order chi connectivity index (χ1) is 16.2. The van der Waals surface area contributed by atoms with Gasteiger partial charge in [0, 0.05) is 23.3 Å². The summed E-state index contributed by atoms with van der Waals surface area (Å²) >= 11 is 0. The molecule has 0 aliphatic carbocycles. The highest BCUT2D eigenvalue weighted by Gasteiger charge is 2.33. The molecule has 0 aliphatic rings. The Hall–Kier alpha value is -3.72. The van der Waals surface area contributed by atoms with Gasteiger partial charge in [-0.2, -0.15) is 0 Å². The van der Waals surface area contributed by atoms with E-state index in [1.54, 1.807) is 55.6 Å². The fourth-order valence-electron chi connectivity index (χ4n) is 3.70. The molecule has 1 atom stereocenters. The maximum Gasteiger partial charge on any atom is 0.331 e. The summed E-state index contributed by atoms with van der Waals surface area (Å²) in [5.74, 6) is 0.358. The minimum absolute atomic E-state index is 0.193. The summed E-state index contributed by atoms with van der Waals surface area (Å²) in [6, 6.07) is 15.6. The van der Waals surface area contributed by atoms with E-state index in [1.165, 1.54) is 17.3 Å². The lowest BCUT2D eigenvalue weighted by molar-refractivity contribution is -0.145. The second-order valence-electron chi connectivity index (χ2n) is 8.24. The Morgan fingerprint density at radius 3 is 2.50 bits per heavy atom. The lowest BCUT2D eigenvalue weighted by Gasteiger charge is -2.27. The second kappa shape index (κ2) is 8.90. The number of hydrogen-bond acceptors (Lipinski definition) is 7. The van der Waals surface area contributed by atoms with Crippen LogP contribution in [0, 0.1) is 6.92 Å². The Bertz CT molecular complexity index is 1460. The summed E-state index contributed by atoms with van der Waals surface area (Å²) in [6.45, 7) is 5.51. The van der Waals surface area contributed by atoms with Gasteiger partial charge in [0.05, 0.1) is 17.5 Å². The molecule has 34 heavy (non-hydrogen) atoms. The van der Waals surface area contributed by atoms with Crippen LogP contribution in [-0.4, -0.2) is 41.0 Å². The number of nitrogens with one attached hydrogen (secondary N) is 1. The van der Waals surface area contributed by atoms with Gasteiger partial charge in [0.2, 0.25) is 0 Å². The molecule has 9 heteroatoms. The molecule has 8 nitrogen and oxygen atoms in total. The van der Waals surface area contributed by atoms with E-state index in [0.29, 0.717) is 34.5 Å². The van der Waals surface area contributed by atoms with Crippen molar-refractivity contribution >= 4 is 32.7 Å². The van der Waals surface area contributed by atoms with E-state index in [1.807, 2.05) is 26.0 Å². The molecule has 0 spiro atoms. The Morgan fingerprint density at radius 2 is 1.82 bits per heavy atom. The molecule has 2 aromatic carbocycles. The summed E-state index contributed by atoms with van der Waals surface area (Å²) in [7, 11) is -2.50. The zero-order valence-corrected chi connectivity index (χ0v) is 20.3. The number of carbonyl (C=O) groups is 1. The van der Waals surface area contributed by atoms with E-state index in [9.17, 15) is 13.2 Å². The van der Waals surface area contributed by atoms with Crippen LogP contribution in [0.25, 0.3) is 22.3 Å². The van der Waals surface area contributed by atoms with E-state index in [2.05, 4.69) is 15.3 Å². The normalized spacial score (nSPS) is 13.4. The van der Waals surface area contributed by atoms with Crippen molar-refractivity contribution < 1.29 is 17.9 Å². The van der Waals surface area contributed by atoms with Crippen LogP contribution in [0.2, 0.25) is 0 Å². The standard InChI is InChI=1S/C25H26N4O4S/c1-5-25(3,24(30)33-4)28-22-14-15-26-23(27-22)20-16-29(21-9-7-6-8-19(20)21)34(31,32)18-12-10-17(2)11-13-18/h6-16H,5H2,1-4H3,(H,26,27,28). The number of anilines is 1. The van der Waals surface area contributed by atoms with E-state index in [4.69, 9.17) is 4.74 Å². The Labute approximate surface area is 198 Å². The van der Waals surface area contributed by atoms with Crippen molar-refractivity contribution in [2.45, 2.75) is 37.6 Å². The molecule has 0 bridgehead atoms. The predicted octanol–water partition coefficient (Wildman–Crippen LogP) is 4.40. The Balaban J connectivity index is 1.82. The highest BCUT2D eigenvalue weighted by atomic mass is 32.2. The second-order valence-corrected chi connectivity index (χ2v) is 10.1. The molecule has 4 rings (SSSR count). The first-order valence-corrected chi connectivity index (χ1v) is 12.3. The Morgan fingerprint density at radius 1 is 1.12 bits per heavy atom. The zero-order chi connectivity index (χ0) is 24.5. The molecule has 0 amide bonds. The molecule has 2 aromatic heterocycles. The number of esters is 1. The predicted molar refractivity (Wildman–Crippen MR) is 131 cm³/mol. The van der Waals surface area contributed by atoms with Crippen molar-refractivity contribution in [3.8, 4) is 11.4 Å². The molecule has 0 radical (unpaired) electrons. The van der Waals surface area contributed by atoms with Crippen LogP contribution < -0.4 is 5.32 Å². The number of fused-ring (bicyclic) bond motifs is 1. The third-order valence-electron chi connectivity index (χ3n) is 5.90. The molecule has 1 N–H and O–H groups in total. The summed E-state index contributed by atoms with van der Waals surface area (Å²) in [5.41, 5.74) is 1.09. The quantitative estimate of drug-likeness (QED) is 0.393. The minimum atomic E-state index is -3.84. The first kappa shape index (κ1) is 23.4. The number of ether oxygens (including phenoxy) is 1. The number of aromatic nitrogens is 3.